The third-order valence-electron chi connectivity index (χ3n) is 6.65. The Labute approximate surface area is 193 Å². The number of amides is 1. The first kappa shape index (κ1) is 24.6. The maximum absolute atomic E-state index is 12.3. The van der Waals surface area contributed by atoms with Gasteiger partial charge in [-0.1, -0.05) is 26.7 Å². The highest BCUT2D eigenvalue weighted by molar-refractivity contribution is 5.92. The number of aromatic nitrogens is 1. The van der Waals surface area contributed by atoms with Crippen molar-refractivity contribution in [3.05, 3.63) is 29.5 Å². The Morgan fingerprint density at radius 1 is 1.06 bits per heavy atom. The molecule has 0 bridgehead atoms. The number of carbonyl (C=O) groups is 1. The van der Waals surface area contributed by atoms with E-state index in [-0.39, 0.29) is 6.09 Å². The zero-order valence-electron chi connectivity index (χ0n) is 20.6. The molecule has 0 saturated heterocycles. The van der Waals surface area contributed by atoms with E-state index in [1.807, 2.05) is 6.07 Å². The monoisotopic (exact) mass is 442 g/mol. The number of aryl methyl sites for hydroxylation is 2. The fourth-order valence-corrected chi connectivity index (χ4v) is 4.83. The van der Waals surface area contributed by atoms with E-state index in [4.69, 9.17) is 4.74 Å². The highest BCUT2D eigenvalue weighted by atomic mass is 16.5. The molecule has 1 aromatic heterocycles. The molecule has 0 atom stereocenters. The zero-order chi connectivity index (χ0) is 22.9. The maximum atomic E-state index is 12.3. The van der Waals surface area contributed by atoms with Crippen molar-refractivity contribution in [2.24, 2.45) is 0 Å². The molecule has 6 nitrogen and oxygen atoms in total. The first-order valence-corrected chi connectivity index (χ1v) is 12.5. The van der Waals surface area contributed by atoms with Gasteiger partial charge in [0.25, 0.3) is 0 Å². The Morgan fingerprint density at radius 2 is 1.81 bits per heavy atom. The van der Waals surface area contributed by atoms with Gasteiger partial charge in [0.1, 0.15) is 6.61 Å². The Hall–Kier alpha value is -2.05. The molecule has 1 aliphatic rings. The molecule has 2 aromatic rings. The lowest BCUT2D eigenvalue weighted by Gasteiger charge is -2.17. The number of hydrogen-bond donors (Lipinski definition) is 1. The van der Waals surface area contributed by atoms with Crippen LogP contribution in [0.3, 0.4) is 0 Å². The van der Waals surface area contributed by atoms with E-state index in [9.17, 15) is 4.79 Å². The molecule has 1 aliphatic carbocycles. The summed E-state index contributed by atoms with van der Waals surface area (Å²) < 4.78 is 7.97. The Bertz CT molecular complexity index is 870. The van der Waals surface area contributed by atoms with E-state index in [0.29, 0.717) is 6.61 Å². The van der Waals surface area contributed by atoms with Crippen LogP contribution in [0, 0.1) is 0 Å². The SMILES string of the molecule is CCN(CC)CCOC(=O)Nc1ccc2c(c1)c1c(n2CCCN(C)C)CCCCCC1. The predicted octanol–water partition coefficient (Wildman–Crippen LogP) is 5.14. The second-order valence-corrected chi connectivity index (χ2v) is 9.17. The lowest BCUT2D eigenvalue weighted by atomic mass is 9.96. The summed E-state index contributed by atoms with van der Waals surface area (Å²) in [7, 11) is 4.27. The Balaban J connectivity index is 1.77. The first-order valence-electron chi connectivity index (χ1n) is 12.5. The number of anilines is 1. The third kappa shape index (κ3) is 6.48. The molecule has 1 aromatic carbocycles. The summed E-state index contributed by atoms with van der Waals surface area (Å²) in [5.41, 5.74) is 5.12. The Morgan fingerprint density at radius 3 is 2.53 bits per heavy atom. The molecular formula is C26H42N4O2. The molecule has 1 heterocycles. The number of benzene rings is 1. The third-order valence-corrected chi connectivity index (χ3v) is 6.65. The van der Waals surface area contributed by atoms with Crippen molar-refractivity contribution in [1.82, 2.24) is 14.4 Å². The van der Waals surface area contributed by atoms with Crippen LogP contribution in [-0.4, -0.2) is 67.3 Å². The van der Waals surface area contributed by atoms with E-state index in [0.717, 1.165) is 57.7 Å². The average Bonchev–Trinajstić information content (AvgIpc) is 3.02. The van der Waals surface area contributed by atoms with Gasteiger partial charge in [0, 0.05) is 35.4 Å². The van der Waals surface area contributed by atoms with Crippen molar-refractivity contribution >= 4 is 22.7 Å². The van der Waals surface area contributed by atoms with Gasteiger partial charge in [0.05, 0.1) is 0 Å². The summed E-state index contributed by atoms with van der Waals surface area (Å²) in [5, 5.41) is 4.25. The standard InChI is InChI=1S/C26H42N4O2/c1-5-29(6-2)18-19-32-26(31)27-21-14-15-25-23(20-21)22-12-9-7-8-10-13-24(22)30(25)17-11-16-28(3)4/h14-15,20H,5-13,16-19H2,1-4H3,(H,27,31). The number of ether oxygens (including phenoxy) is 1. The van der Waals surface area contributed by atoms with Gasteiger partial charge in [-0.2, -0.15) is 0 Å². The highest BCUT2D eigenvalue weighted by Crippen LogP contribution is 2.33. The van der Waals surface area contributed by atoms with E-state index in [2.05, 4.69) is 59.8 Å². The molecule has 0 aliphatic heterocycles. The van der Waals surface area contributed by atoms with Gasteiger partial charge in [-0.15, -0.1) is 0 Å². The van der Waals surface area contributed by atoms with Gasteiger partial charge in [-0.3, -0.25) is 5.32 Å². The van der Waals surface area contributed by atoms with Gasteiger partial charge in [0.2, 0.25) is 0 Å². The lowest BCUT2D eigenvalue weighted by molar-refractivity contribution is 0.142. The average molecular weight is 443 g/mol. The number of rotatable bonds is 10. The van der Waals surface area contributed by atoms with Crippen LogP contribution in [0.2, 0.25) is 0 Å². The van der Waals surface area contributed by atoms with Gasteiger partial charge in [0.15, 0.2) is 0 Å². The van der Waals surface area contributed by atoms with E-state index in [1.54, 1.807) is 0 Å². The summed E-state index contributed by atoms with van der Waals surface area (Å²) >= 11 is 0. The minimum absolute atomic E-state index is 0.371. The summed E-state index contributed by atoms with van der Waals surface area (Å²) in [6, 6.07) is 6.36. The largest absolute Gasteiger partial charge is 0.448 e. The van der Waals surface area contributed by atoms with Crippen molar-refractivity contribution in [2.45, 2.75) is 65.3 Å². The fourth-order valence-electron chi connectivity index (χ4n) is 4.83. The van der Waals surface area contributed by atoms with Crippen LogP contribution >= 0.6 is 0 Å². The molecule has 1 N–H and O–H groups in total. The van der Waals surface area contributed by atoms with Crippen molar-refractivity contribution < 1.29 is 9.53 Å². The molecule has 3 rings (SSSR count). The molecule has 0 radical (unpaired) electrons. The summed E-state index contributed by atoms with van der Waals surface area (Å²) in [4.78, 5) is 16.8. The van der Waals surface area contributed by atoms with Crippen LogP contribution in [0.4, 0.5) is 10.5 Å². The summed E-state index contributed by atoms with van der Waals surface area (Å²) in [6.07, 6.45) is 8.20. The molecular weight excluding hydrogens is 400 g/mol. The smallest absolute Gasteiger partial charge is 0.411 e. The van der Waals surface area contributed by atoms with Gasteiger partial charge >= 0.3 is 6.09 Å². The van der Waals surface area contributed by atoms with E-state index in [1.165, 1.54) is 47.8 Å². The minimum atomic E-state index is -0.371. The van der Waals surface area contributed by atoms with Gasteiger partial charge in [-0.25, -0.2) is 4.79 Å². The van der Waals surface area contributed by atoms with Crippen LogP contribution in [-0.2, 0) is 24.1 Å². The lowest BCUT2D eigenvalue weighted by Crippen LogP contribution is -2.28. The van der Waals surface area contributed by atoms with Gasteiger partial charge in [-0.05, 0) is 89.6 Å². The van der Waals surface area contributed by atoms with Crippen LogP contribution in [0.25, 0.3) is 10.9 Å². The van der Waals surface area contributed by atoms with Crippen molar-refractivity contribution in [3.8, 4) is 0 Å². The second kappa shape index (κ2) is 12.3. The number of fused-ring (bicyclic) bond motifs is 3. The molecule has 6 heteroatoms. The highest BCUT2D eigenvalue weighted by Gasteiger charge is 2.19. The van der Waals surface area contributed by atoms with Crippen molar-refractivity contribution in [2.75, 3.05) is 52.2 Å². The van der Waals surface area contributed by atoms with Crippen molar-refractivity contribution in [3.63, 3.8) is 0 Å². The van der Waals surface area contributed by atoms with Crippen LogP contribution in [0.5, 0.6) is 0 Å². The van der Waals surface area contributed by atoms with Crippen LogP contribution in [0.15, 0.2) is 18.2 Å². The van der Waals surface area contributed by atoms with Crippen molar-refractivity contribution in [1.29, 1.82) is 0 Å². The number of nitrogens with zero attached hydrogens (tertiary/aromatic N) is 3. The molecule has 1 amide bonds. The van der Waals surface area contributed by atoms with Crippen LogP contribution in [0.1, 0.15) is 57.2 Å². The first-order chi connectivity index (χ1) is 15.5. The normalized spacial score (nSPS) is 14.4. The number of likely N-dealkylation sites (N-methyl/N-ethyl adjacent to an activating group) is 1. The number of carbonyl (C=O) groups excluding carboxylic acids is 1. The number of hydrogen-bond acceptors (Lipinski definition) is 4. The molecule has 32 heavy (non-hydrogen) atoms. The maximum Gasteiger partial charge on any atom is 0.411 e. The molecule has 0 unspecified atom stereocenters. The number of nitrogens with one attached hydrogen (secondary N) is 1. The minimum Gasteiger partial charge on any atom is -0.448 e. The Kier molecular flexibility index (Phi) is 9.42. The molecule has 0 saturated carbocycles. The zero-order valence-corrected chi connectivity index (χ0v) is 20.6. The summed E-state index contributed by atoms with van der Waals surface area (Å²) in [6.45, 7) is 9.49. The quantitative estimate of drug-likeness (QED) is 0.553. The summed E-state index contributed by atoms with van der Waals surface area (Å²) in [5.74, 6) is 0. The topological polar surface area (TPSA) is 49.7 Å². The molecule has 0 fully saturated rings. The fraction of sp³-hybridized carbons (Fsp3) is 0.654. The predicted molar refractivity (Wildman–Crippen MR) is 134 cm³/mol. The van der Waals surface area contributed by atoms with E-state index >= 15 is 0 Å². The molecule has 178 valence electrons. The second-order valence-electron chi connectivity index (χ2n) is 9.17. The van der Waals surface area contributed by atoms with Crippen LogP contribution < -0.4 is 5.32 Å². The molecule has 0 spiro atoms. The van der Waals surface area contributed by atoms with Gasteiger partial charge < -0.3 is 19.1 Å². The van der Waals surface area contributed by atoms with E-state index < -0.39 is 0 Å².